The average Bonchev–Trinajstić information content (AvgIpc) is 2.84. The Kier molecular flexibility index (Phi) is 3.56. The number of fused-ring (bicyclic) bond motifs is 1. The molecule has 108 valence electrons. The third-order valence-electron chi connectivity index (χ3n) is 4.00. The van der Waals surface area contributed by atoms with Crippen LogP contribution in [0.25, 0.3) is 11.0 Å². The maximum Gasteiger partial charge on any atom is 0.134 e. The molecule has 1 N–H and O–H groups in total. The summed E-state index contributed by atoms with van der Waals surface area (Å²) in [5, 5.41) is 4.54. The van der Waals surface area contributed by atoms with Gasteiger partial charge >= 0.3 is 0 Å². The van der Waals surface area contributed by atoms with Crippen LogP contribution in [0.5, 0.6) is 0 Å². The Balaban J connectivity index is 2.09. The molecule has 21 heavy (non-hydrogen) atoms. The molecule has 0 spiro atoms. The zero-order valence-electron chi connectivity index (χ0n) is 13.0. The SMILES string of the molecule is CNC(c1cc2cc(C)ccc2o1)c1ccc(C)cc1C. The van der Waals surface area contributed by atoms with Crippen molar-refractivity contribution in [1.29, 1.82) is 0 Å². The lowest BCUT2D eigenvalue weighted by Crippen LogP contribution is -2.18. The van der Waals surface area contributed by atoms with Crippen LogP contribution in [0.4, 0.5) is 0 Å². The van der Waals surface area contributed by atoms with Crippen LogP contribution in [0.2, 0.25) is 0 Å². The molecule has 2 aromatic carbocycles. The van der Waals surface area contributed by atoms with Crippen LogP contribution < -0.4 is 5.32 Å². The number of aryl methyl sites for hydroxylation is 3. The summed E-state index contributed by atoms with van der Waals surface area (Å²) in [5.41, 5.74) is 6.03. The van der Waals surface area contributed by atoms with Crippen LogP contribution in [0.15, 0.2) is 46.9 Å². The largest absolute Gasteiger partial charge is 0.459 e. The van der Waals surface area contributed by atoms with Gasteiger partial charge < -0.3 is 9.73 Å². The lowest BCUT2D eigenvalue weighted by Gasteiger charge is -2.17. The van der Waals surface area contributed by atoms with Gasteiger partial charge in [-0.15, -0.1) is 0 Å². The van der Waals surface area contributed by atoms with Gasteiger partial charge in [-0.2, -0.15) is 0 Å². The van der Waals surface area contributed by atoms with E-state index in [0.29, 0.717) is 0 Å². The summed E-state index contributed by atoms with van der Waals surface area (Å²) >= 11 is 0. The van der Waals surface area contributed by atoms with E-state index >= 15 is 0 Å². The number of furan rings is 1. The van der Waals surface area contributed by atoms with E-state index in [1.54, 1.807) is 0 Å². The Bertz CT molecular complexity index is 785. The van der Waals surface area contributed by atoms with E-state index in [1.165, 1.54) is 22.3 Å². The molecule has 1 heterocycles. The molecular weight excluding hydrogens is 258 g/mol. The number of rotatable bonds is 3. The Morgan fingerprint density at radius 1 is 0.905 bits per heavy atom. The van der Waals surface area contributed by atoms with Crippen molar-refractivity contribution in [3.05, 3.63) is 70.5 Å². The first kappa shape index (κ1) is 13.9. The fourth-order valence-electron chi connectivity index (χ4n) is 2.93. The summed E-state index contributed by atoms with van der Waals surface area (Å²) in [7, 11) is 1.97. The van der Waals surface area contributed by atoms with Gasteiger partial charge in [-0.25, -0.2) is 0 Å². The standard InChI is InChI=1S/C19H21NO/c1-12-5-7-16(14(3)9-12)19(20-4)18-11-15-10-13(2)6-8-17(15)21-18/h5-11,19-20H,1-4H3. The Hall–Kier alpha value is -2.06. The minimum absolute atomic E-state index is 0.0818. The van der Waals surface area contributed by atoms with E-state index in [2.05, 4.69) is 62.5 Å². The number of nitrogens with one attached hydrogen (secondary N) is 1. The lowest BCUT2D eigenvalue weighted by atomic mass is 9.97. The minimum Gasteiger partial charge on any atom is -0.459 e. The Morgan fingerprint density at radius 3 is 2.33 bits per heavy atom. The van der Waals surface area contributed by atoms with Crippen molar-refractivity contribution in [2.75, 3.05) is 7.05 Å². The van der Waals surface area contributed by atoms with E-state index in [1.807, 2.05) is 13.1 Å². The van der Waals surface area contributed by atoms with Crippen LogP contribution in [0.3, 0.4) is 0 Å². The van der Waals surface area contributed by atoms with Crippen LogP contribution in [0, 0.1) is 20.8 Å². The molecule has 2 heteroatoms. The van der Waals surface area contributed by atoms with Crippen molar-refractivity contribution in [2.45, 2.75) is 26.8 Å². The van der Waals surface area contributed by atoms with Gasteiger partial charge in [0.05, 0.1) is 6.04 Å². The zero-order chi connectivity index (χ0) is 15.0. The summed E-state index contributed by atoms with van der Waals surface area (Å²) in [4.78, 5) is 0. The fraction of sp³-hybridized carbons (Fsp3) is 0.263. The molecule has 0 aliphatic carbocycles. The third kappa shape index (κ3) is 2.59. The second-order valence-electron chi connectivity index (χ2n) is 5.77. The van der Waals surface area contributed by atoms with Gasteiger partial charge in [0.25, 0.3) is 0 Å². The first-order valence-electron chi connectivity index (χ1n) is 7.33. The molecule has 3 aromatic rings. The summed E-state index contributed by atoms with van der Waals surface area (Å²) in [6.45, 7) is 6.38. The molecular formula is C19H21NO. The van der Waals surface area contributed by atoms with Crippen molar-refractivity contribution >= 4 is 11.0 Å². The van der Waals surface area contributed by atoms with Crippen LogP contribution >= 0.6 is 0 Å². The van der Waals surface area contributed by atoms with Crippen molar-refractivity contribution in [3.63, 3.8) is 0 Å². The van der Waals surface area contributed by atoms with Gasteiger partial charge in [0.1, 0.15) is 11.3 Å². The highest BCUT2D eigenvalue weighted by molar-refractivity contribution is 5.79. The maximum atomic E-state index is 6.05. The highest BCUT2D eigenvalue weighted by Gasteiger charge is 2.18. The highest BCUT2D eigenvalue weighted by atomic mass is 16.3. The van der Waals surface area contributed by atoms with E-state index in [4.69, 9.17) is 4.42 Å². The predicted molar refractivity (Wildman–Crippen MR) is 87.8 cm³/mol. The van der Waals surface area contributed by atoms with Crippen LogP contribution in [0.1, 0.15) is 34.1 Å². The molecule has 0 aliphatic heterocycles. The molecule has 2 nitrogen and oxygen atoms in total. The second kappa shape index (κ2) is 5.38. The Labute approximate surface area is 125 Å². The molecule has 3 rings (SSSR count). The van der Waals surface area contributed by atoms with Crippen molar-refractivity contribution in [1.82, 2.24) is 5.32 Å². The molecule has 0 amide bonds. The highest BCUT2D eigenvalue weighted by Crippen LogP contribution is 2.30. The summed E-state index contributed by atoms with van der Waals surface area (Å²) in [5.74, 6) is 0.963. The van der Waals surface area contributed by atoms with Crippen molar-refractivity contribution < 1.29 is 4.42 Å². The van der Waals surface area contributed by atoms with Gasteiger partial charge in [-0.05, 0) is 57.1 Å². The smallest absolute Gasteiger partial charge is 0.134 e. The van der Waals surface area contributed by atoms with E-state index in [-0.39, 0.29) is 6.04 Å². The summed E-state index contributed by atoms with van der Waals surface area (Å²) in [6.07, 6.45) is 0. The molecule has 0 aliphatic rings. The predicted octanol–water partition coefficient (Wildman–Crippen LogP) is 4.67. The molecule has 1 aromatic heterocycles. The van der Waals surface area contributed by atoms with Crippen molar-refractivity contribution in [3.8, 4) is 0 Å². The normalized spacial score (nSPS) is 12.8. The number of hydrogen-bond donors (Lipinski definition) is 1. The summed E-state index contributed by atoms with van der Waals surface area (Å²) in [6, 6.07) is 15.1. The topological polar surface area (TPSA) is 25.2 Å². The molecule has 0 saturated carbocycles. The number of hydrogen-bond acceptors (Lipinski definition) is 2. The molecule has 0 bridgehead atoms. The van der Waals surface area contributed by atoms with Gasteiger partial charge in [0, 0.05) is 5.39 Å². The molecule has 1 unspecified atom stereocenters. The van der Waals surface area contributed by atoms with Gasteiger partial charge in [0.2, 0.25) is 0 Å². The first-order chi connectivity index (χ1) is 10.1. The quantitative estimate of drug-likeness (QED) is 0.754. The van der Waals surface area contributed by atoms with Crippen LogP contribution in [-0.2, 0) is 0 Å². The molecule has 0 radical (unpaired) electrons. The fourth-order valence-corrected chi connectivity index (χ4v) is 2.93. The molecule has 0 saturated heterocycles. The third-order valence-corrected chi connectivity index (χ3v) is 4.00. The van der Waals surface area contributed by atoms with Gasteiger partial charge in [-0.1, -0.05) is 35.4 Å². The van der Waals surface area contributed by atoms with E-state index < -0.39 is 0 Å². The monoisotopic (exact) mass is 279 g/mol. The lowest BCUT2D eigenvalue weighted by molar-refractivity contribution is 0.490. The van der Waals surface area contributed by atoms with E-state index in [0.717, 1.165) is 16.7 Å². The van der Waals surface area contributed by atoms with Gasteiger partial charge in [0.15, 0.2) is 0 Å². The van der Waals surface area contributed by atoms with Crippen molar-refractivity contribution in [2.24, 2.45) is 0 Å². The minimum atomic E-state index is 0.0818. The molecule has 1 atom stereocenters. The first-order valence-corrected chi connectivity index (χ1v) is 7.33. The maximum absolute atomic E-state index is 6.05. The van der Waals surface area contributed by atoms with Crippen LogP contribution in [-0.4, -0.2) is 7.05 Å². The average molecular weight is 279 g/mol. The second-order valence-corrected chi connectivity index (χ2v) is 5.77. The Morgan fingerprint density at radius 2 is 1.62 bits per heavy atom. The van der Waals surface area contributed by atoms with Gasteiger partial charge in [-0.3, -0.25) is 0 Å². The molecule has 0 fully saturated rings. The summed E-state index contributed by atoms with van der Waals surface area (Å²) < 4.78 is 6.05. The van der Waals surface area contributed by atoms with E-state index in [9.17, 15) is 0 Å². The zero-order valence-corrected chi connectivity index (χ0v) is 13.0. The number of benzene rings is 2.